The Morgan fingerprint density at radius 1 is 1.34 bits per heavy atom. The number of aromatic amines is 1. The minimum absolute atomic E-state index is 0.0167. The molecule has 0 aliphatic carbocycles. The van der Waals surface area contributed by atoms with Gasteiger partial charge in [0.2, 0.25) is 5.91 Å². The molecule has 0 saturated carbocycles. The second kappa shape index (κ2) is 8.67. The minimum Gasteiger partial charge on any atom is -0.457 e. The van der Waals surface area contributed by atoms with Crippen molar-refractivity contribution in [2.24, 2.45) is 5.92 Å². The highest BCUT2D eigenvalue weighted by Gasteiger charge is 2.41. The Balaban J connectivity index is 1.50. The van der Waals surface area contributed by atoms with Gasteiger partial charge in [0.1, 0.15) is 17.7 Å². The number of hydrogen-bond acceptors (Lipinski definition) is 4. The van der Waals surface area contributed by atoms with Gasteiger partial charge in [-0.1, -0.05) is 6.92 Å². The van der Waals surface area contributed by atoms with Gasteiger partial charge in [-0.25, -0.2) is 11.0 Å². The predicted octanol–water partition coefficient (Wildman–Crippen LogP) is 4.86. The minimum atomic E-state index is -1.16. The van der Waals surface area contributed by atoms with Crippen LogP contribution >= 0.6 is 0 Å². The van der Waals surface area contributed by atoms with E-state index in [9.17, 15) is 19.3 Å². The van der Waals surface area contributed by atoms with E-state index in [1.54, 1.807) is 13.0 Å². The Hall–Kier alpha value is -3.93. The maximum atomic E-state index is 13.7. The van der Waals surface area contributed by atoms with E-state index in [4.69, 9.17) is 11.3 Å². The molecule has 1 aliphatic heterocycles. The van der Waals surface area contributed by atoms with Crippen molar-refractivity contribution >= 4 is 22.5 Å². The number of non-ortho nitro benzene ring substituents is 1. The number of fused-ring (bicyclic) bond motifs is 1. The summed E-state index contributed by atoms with van der Waals surface area (Å²) in [7, 11) is 0. The maximum absolute atomic E-state index is 13.7. The summed E-state index contributed by atoms with van der Waals surface area (Å²) in [6.45, 7) is 8.97. The number of hydrogen-bond donors (Lipinski definition) is 1. The monoisotopic (exact) mass is 436 g/mol. The topological polar surface area (TPSA) is 92.8 Å². The van der Waals surface area contributed by atoms with Gasteiger partial charge in [-0.15, -0.1) is 0 Å². The van der Waals surface area contributed by atoms with E-state index in [1.807, 2.05) is 18.3 Å². The van der Waals surface area contributed by atoms with Crippen molar-refractivity contribution < 1.29 is 18.8 Å². The van der Waals surface area contributed by atoms with E-state index < -0.39 is 23.2 Å². The fraction of sp³-hybridized carbons (Fsp3) is 0.304. The lowest BCUT2D eigenvalue weighted by Gasteiger charge is -2.20. The number of nitrogens with one attached hydrogen (secondary N) is 1. The zero-order chi connectivity index (χ0) is 22.8. The summed E-state index contributed by atoms with van der Waals surface area (Å²) in [5, 5.41) is 11.7. The molecular weight excluding hydrogens is 415 g/mol. The van der Waals surface area contributed by atoms with Crippen LogP contribution in [0, 0.1) is 22.6 Å². The number of likely N-dealkylation sites (tertiary alicyclic amines) is 1. The summed E-state index contributed by atoms with van der Waals surface area (Å²) in [6.07, 6.45) is 0.441. The summed E-state index contributed by atoms with van der Waals surface area (Å²) in [5.74, 6) is 0.385. The molecule has 1 fully saturated rings. The molecule has 0 radical (unpaired) electrons. The molecule has 1 saturated heterocycles. The molecule has 4 rings (SSSR count). The van der Waals surface area contributed by atoms with E-state index in [1.165, 1.54) is 29.2 Å². The zero-order valence-corrected chi connectivity index (χ0v) is 17.3. The molecule has 1 amide bonds. The van der Waals surface area contributed by atoms with E-state index in [2.05, 4.69) is 9.83 Å². The van der Waals surface area contributed by atoms with Crippen molar-refractivity contribution in [3.8, 4) is 11.5 Å². The molecule has 3 atom stereocenters. The average Bonchev–Trinajstić information content (AvgIpc) is 3.36. The van der Waals surface area contributed by atoms with Crippen LogP contribution in [0.15, 0.2) is 48.7 Å². The Morgan fingerprint density at radius 3 is 2.75 bits per heavy atom. The van der Waals surface area contributed by atoms with Gasteiger partial charge in [0.15, 0.2) is 0 Å². The largest absolute Gasteiger partial charge is 0.457 e. The number of nitro benzene ring substituents is 1. The second-order valence-electron chi connectivity index (χ2n) is 7.91. The number of halogens is 1. The number of carbonyl (C=O) groups excluding carboxylic acids is 1. The zero-order valence-electron chi connectivity index (χ0n) is 17.3. The standard InChI is InChI=1S/C23H21FN4O4/c1-14(23(29)27-13-16(24)10-22(27)25-2)9-15-12-26-21-8-7-19(11-20(15)21)32-18-5-3-17(4-6-18)28(30)31/h3-8,11-12,14,16,22,26H,9-10,13H2,1H3/t14-,16-,22-/m0/s1. The molecule has 2 aromatic carbocycles. The summed E-state index contributed by atoms with van der Waals surface area (Å²) < 4.78 is 19.5. The molecule has 0 bridgehead atoms. The van der Waals surface area contributed by atoms with Crippen LogP contribution in [-0.2, 0) is 11.2 Å². The summed E-state index contributed by atoms with van der Waals surface area (Å²) in [4.78, 5) is 31.1. The molecule has 9 heteroatoms. The molecular formula is C23H21FN4O4. The van der Waals surface area contributed by atoms with Crippen LogP contribution in [-0.4, -0.2) is 39.6 Å². The van der Waals surface area contributed by atoms with Gasteiger partial charge >= 0.3 is 6.17 Å². The SMILES string of the molecule is [C-]#[N+][C@@H]1C[C@H](F)CN1C(=O)[C@@H](C)Cc1c[nH]c2ccc(Oc3ccc([N+](=O)[O-])cc3)cc12. The number of benzene rings is 2. The Labute approximate surface area is 183 Å². The number of alkyl halides is 1. The molecule has 1 aliphatic rings. The smallest absolute Gasteiger partial charge is 0.303 e. The van der Waals surface area contributed by atoms with Crippen molar-refractivity contribution in [2.75, 3.05) is 6.54 Å². The summed E-state index contributed by atoms with van der Waals surface area (Å²) >= 11 is 0. The van der Waals surface area contributed by atoms with Gasteiger partial charge in [0.25, 0.3) is 5.69 Å². The van der Waals surface area contributed by atoms with Crippen LogP contribution in [0.1, 0.15) is 18.9 Å². The number of rotatable bonds is 6. The van der Waals surface area contributed by atoms with Crippen LogP contribution in [0.3, 0.4) is 0 Å². The molecule has 2 heterocycles. The number of nitro groups is 1. The number of aromatic nitrogens is 1. The van der Waals surface area contributed by atoms with E-state index in [0.29, 0.717) is 17.9 Å². The molecule has 32 heavy (non-hydrogen) atoms. The van der Waals surface area contributed by atoms with Crippen LogP contribution in [0.4, 0.5) is 10.1 Å². The van der Waals surface area contributed by atoms with Crippen LogP contribution in [0.5, 0.6) is 11.5 Å². The lowest BCUT2D eigenvalue weighted by molar-refractivity contribution is -0.384. The summed E-state index contributed by atoms with van der Waals surface area (Å²) in [5.41, 5.74) is 1.77. The number of nitrogens with zero attached hydrogens (tertiary/aromatic N) is 3. The third-order valence-corrected chi connectivity index (χ3v) is 5.62. The Bertz CT molecular complexity index is 1200. The molecule has 0 spiro atoms. The molecule has 3 aromatic rings. The first-order valence-electron chi connectivity index (χ1n) is 10.2. The quantitative estimate of drug-likeness (QED) is 0.339. The van der Waals surface area contributed by atoms with Crippen LogP contribution in [0.25, 0.3) is 15.7 Å². The Morgan fingerprint density at radius 2 is 2.06 bits per heavy atom. The first kappa shape index (κ1) is 21.3. The number of ether oxygens (including phenoxy) is 1. The highest BCUT2D eigenvalue weighted by Crippen LogP contribution is 2.30. The number of carbonyl (C=O) groups is 1. The number of amides is 1. The van der Waals surface area contributed by atoms with Gasteiger partial charge < -0.3 is 9.72 Å². The normalized spacial score (nSPS) is 19.0. The molecule has 1 aromatic heterocycles. The van der Waals surface area contributed by atoms with Crippen LogP contribution in [0.2, 0.25) is 0 Å². The highest BCUT2D eigenvalue weighted by molar-refractivity contribution is 5.86. The molecule has 164 valence electrons. The van der Waals surface area contributed by atoms with Crippen molar-refractivity contribution in [3.05, 3.63) is 75.8 Å². The predicted molar refractivity (Wildman–Crippen MR) is 116 cm³/mol. The second-order valence-corrected chi connectivity index (χ2v) is 7.91. The molecule has 1 N–H and O–H groups in total. The van der Waals surface area contributed by atoms with Crippen molar-refractivity contribution in [1.82, 2.24) is 9.88 Å². The average molecular weight is 436 g/mol. The first-order valence-corrected chi connectivity index (χ1v) is 10.2. The number of H-pyrrole nitrogens is 1. The van der Waals surface area contributed by atoms with Gasteiger partial charge in [0, 0.05) is 35.2 Å². The van der Waals surface area contributed by atoms with Crippen molar-refractivity contribution in [2.45, 2.75) is 32.1 Å². The van der Waals surface area contributed by atoms with Crippen LogP contribution < -0.4 is 4.74 Å². The van der Waals surface area contributed by atoms with Gasteiger partial charge in [-0.3, -0.25) is 24.7 Å². The van der Waals surface area contributed by atoms with Gasteiger partial charge in [0.05, 0.1) is 17.9 Å². The summed E-state index contributed by atoms with van der Waals surface area (Å²) in [6, 6.07) is 11.3. The maximum Gasteiger partial charge on any atom is 0.303 e. The van der Waals surface area contributed by atoms with Crippen molar-refractivity contribution in [3.63, 3.8) is 0 Å². The fourth-order valence-electron chi connectivity index (χ4n) is 3.99. The van der Waals surface area contributed by atoms with Crippen molar-refractivity contribution in [1.29, 1.82) is 0 Å². The fourth-order valence-corrected chi connectivity index (χ4v) is 3.99. The lowest BCUT2D eigenvalue weighted by Crippen LogP contribution is -2.38. The molecule has 0 unspecified atom stereocenters. The third-order valence-electron chi connectivity index (χ3n) is 5.62. The highest BCUT2D eigenvalue weighted by atomic mass is 19.1. The first-order chi connectivity index (χ1) is 15.4. The third kappa shape index (κ3) is 4.25. The van der Waals surface area contributed by atoms with E-state index >= 15 is 0 Å². The lowest BCUT2D eigenvalue weighted by atomic mass is 9.99. The molecule has 8 nitrogen and oxygen atoms in total. The van der Waals surface area contributed by atoms with Gasteiger partial charge in [-0.2, -0.15) is 0 Å². The van der Waals surface area contributed by atoms with E-state index in [-0.39, 0.29) is 24.6 Å². The van der Waals surface area contributed by atoms with E-state index in [0.717, 1.165) is 16.5 Å². The Kier molecular flexibility index (Phi) is 5.77. The van der Waals surface area contributed by atoms with Gasteiger partial charge in [-0.05, 0) is 42.3 Å².